The molecule has 0 saturated carbocycles. The van der Waals surface area contributed by atoms with E-state index in [1.807, 2.05) is 91.0 Å². The van der Waals surface area contributed by atoms with Crippen molar-refractivity contribution >= 4 is 44.7 Å². The van der Waals surface area contributed by atoms with E-state index in [4.69, 9.17) is 11.2 Å². The Hall–Kier alpha value is -3.13. The van der Waals surface area contributed by atoms with Gasteiger partial charge >= 0.3 is 187 Å². The first-order valence-electron chi connectivity index (χ1n) is 10.00. The summed E-state index contributed by atoms with van der Waals surface area (Å²) in [5.41, 5.74) is 0.364. The summed E-state index contributed by atoms with van der Waals surface area (Å²) < 4.78 is 0. The van der Waals surface area contributed by atoms with Crippen LogP contribution < -0.4 is 21.2 Å². The minimum absolute atomic E-state index is 0.0184. The molecule has 0 bridgehead atoms. The van der Waals surface area contributed by atoms with Crippen LogP contribution in [0.25, 0.3) is 0 Å². The van der Waals surface area contributed by atoms with Gasteiger partial charge in [-0.3, -0.25) is 0 Å². The van der Waals surface area contributed by atoms with Crippen molar-refractivity contribution in [3.05, 3.63) is 115 Å². The Kier molecular flexibility index (Phi) is 5.82. The molecule has 1 amide bonds. The molecule has 3 nitrogen and oxygen atoms in total. The third kappa shape index (κ3) is 3.83. The van der Waals surface area contributed by atoms with Crippen LogP contribution in [-0.2, 0) is 4.79 Å². The number of nitrogens with one attached hydrogen (secondary N) is 1. The standard InChI is InChI=1S/C26H23ClNO2P/c27-31(21-12-4-1-5-13-21,22-14-6-2-7-15-22,23-16-8-3-9-17-23)20-26(30)28-24-18-10-11-19-25(24)29/h1-19,29H,20H2,(H,28,30). The molecule has 2 N–H and O–H groups in total. The summed E-state index contributed by atoms with van der Waals surface area (Å²) in [7, 11) is 0. The summed E-state index contributed by atoms with van der Waals surface area (Å²) in [6, 6.07) is 36.2. The Bertz CT molecular complexity index is 1080. The van der Waals surface area contributed by atoms with Crippen LogP contribution in [0.2, 0.25) is 0 Å². The Morgan fingerprint density at radius 1 is 0.677 bits per heavy atom. The number of carbonyl (C=O) groups excluding carboxylic acids is 1. The Labute approximate surface area is 187 Å². The fourth-order valence-electron chi connectivity index (χ4n) is 3.98. The van der Waals surface area contributed by atoms with Crippen molar-refractivity contribution in [2.24, 2.45) is 0 Å². The van der Waals surface area contributed by atoms with Gasteiger partial charge in [0.25, 0.3) is 0 Å². The van der Waals surface area contributed by atoms with Crippen LogP contribution >= 0.6 is 17.2 Å². The monoisotopic (exact) mass is 447 g/mol. The van der Waals surface area contributed by atoms with E-state index in [-0.39, 0.29) is 17.8 Å². The van der Waals surface area contributed by atoms with Crippen LogP contribution in [-0.4, -0.2) is 17.2 Å². The molecular weight excluding hydrogens is 425 g/mol. The molecule has 4 rings (SSSR count). The number of phenols is 1. The number of rotatable bonds is 6. The molecule has 0 aliphatic carbocycles. The molecular formula is C26H23ClNO2P. The Morgan fingerprint density at radius 3 is 1.48 bits per heavy atom. The van der Waals surface area contributed by atoms with E-state index in [0.29, 0.717) is 5.69 Å². The molecule has 0 atom stereocenters. The fourth-order valence-corrected chi connectivity index (χ4v) is 9.76. The third-order valence-corrected chi connectivity index (χ3v) is 12.6. The second-order valence-electron chi connectivity index (χ2n) is 7.41. The zero-order valence-corrected chi connectivity index (χ0v) is 18.5. The van der Waals surface area contributed by atoms with E-state index in [1.165, 1.54) is 0 Å². The van der Waals surface area contributed by atoms with E-state index in [9.17, 15) is 9.90 Å². The number of anilines is 1. The maximum atomic E-state index is 13.4. The maximum absolute atomic E-state index is 13.4. The van der Waals surface area contributed by atoms with Gasteiger partial charge in [-0.05, 0) is 0 Å². The first kappa shape index (κ1) is 21.1. The van der Waals surface area contributed by atoms with Gasteiger partial charge in [-0.25, -0.2) is 0 Å². The SMILES string of the molecule is O=C(CP(Cl)(c1ccccc1)(c1ccccc1)c1ccccc1)Nc1ccccc1O. The number of halogens is 1. The average Bonchev–Trinajstić information content (AvgIpc) is 2.82. The van der Waals surface area contributed by atoms with Crippen molar-refractivity contribution in [3.8, 4) is 5.75 Å². The van der Waals surface area contributed by atoms with Crippen LogP contribution in [0, 0.1) is 0 Å². The van der Waals surface area contributed by atoms with Crippen molar-refractivity contribution in [2.75, 3.05) is 11.5 Å². The molecule has 4 aromatic rings. The first-order valence-corrected chi connectivity index (χ1v) is 13.3. The number of carbonyl (C=O) groups is 1. The van der Waals surface area contributed by atoms with Crippen molar-refractivity contribution in [3.63, 3.8) is 0 Å². The summed E-state index contributed by atoms with van der Waals surface area (Å²) in [5, 5.41) is 15.7. The number of hydrogen-bond donors (Lipinski definition) is 2. The molecule has 0 radical (unpaired) electrons. The zero-order chi connectivity index (χ0) is 21.8. The molecule has 0 aromatic heterocycles. The van der Waals surface area contributed by atoms with E-state index < -0.39 is 5.96 Å². The van der Waals surface area contributed by atoms with E-state index in [2.05, 4.69) is 5.32 Å². The Morgan fingerprint density at radius 2 is 1.06 bits per heavy atom. The predicted octanol–water partition coefficient (Wildman–Crippen LogP) is 5.01. The molecule has 4 aromatic carbocycles. The average molecular weight is 448 g/mol. The Balaban J connectivity index is 1.92. The third-order valence-electron chi connectivity index (χ3n) is 5.50. The summed E-state index contributed by atoms with van der Waals surface area (Å²) in [5.74, 6) is -3.94. The number of hydrogen-bond acceptors (Lipinski definition) is 2. The van der Waals surface area contributed by atoms with Gasteiger partial charge in [-0.2, -0.15) is 0 Å². The van der Waals surface area contributed by atoms with Gasteiger partial charge in [-0.15, -0.1) is 0 Å². The number of phenolic OH excluding ortho intramolecular Hbond substituents is 1. The van der Waals surface area contributed by atoms with Crippen molar-refractivity contribution < 1.29 is 9.90 Å². The topological polar surface area (TPSA) is 49.3 Å². The zero-order valence-electron chi connectivity index (χ0n) is 16.9. The van der Waals surface area contributed by atoms with Crippen LogP contribution in [0.3, 0.4) is 0 Å². The first-order chi connectivity index (χ1) is 15.0. The molecule has 0 fully saturated rings. The van der Waals surface area contributed by atoms with E-state index in [1.54, 1.807) is 24.3 Å². The molecule has 5 heteroatoms. The van der Waals surface area contributed by atoms with Crippen molar-refractivity contribution in [1.82, 2.24) is 0 Å². The molecule has 156 valence electrons. The van der Waals surface area contributed by atoms with Crippen molar-refractivity contribution in [2.45, 2.75) is 0 Å². The van der Waals surface area contributed by atoms with Crippen LogP contribution in [0.1, 0.15) is 0 Å². The normalized spacial score (nSPS) is 12.5. The summed E-state index contributed by atoms with van der Waals surface area (Å²) in [6.07, 6.45) is 0.0551. The molecule has 0 saturated heterocycles. The summed E-state index contributed by atoms with van der Waals surface area (Å²) in [6.45, 7) is 0. The second kappa shape index (κ2) is 8.55. The van der Waals surface area contributed by atoms with Gasteiger partial charge in [0.05, 0.1) is 0 Å². The van der Waals surface area contributed by atoms with Crippen LogP contribution in [0.5, 0.6) is 5.75 Å². The van der Waals surface area contributed by atoms with E-state index >= 15 is 0 Å². The number of para-hydroxylation sites is 2. The number of benzene rings is 4. The predicted molar refractivity (Wildman–Crippen MR) is 133 cm³/mol. The van der Waals surface area contributed by atoms with Gasteiger partial charge in [0.1, 0.15) is 0 Å². The van der Waals surface area contributed by atoms with Crippen LogP contribution in [0.4, 0.5) is 5.69 Å². The van der Waals surface area contributed by atoms with Crippen LogP contribution in [0.15, 0.2) is 115 Å². The van der Waals surface area contributed by atoms with Crippen molar-refractivity contribution in [1.29, 1.82) is 0 Å². The van der Waals surface area contributed by atoms with Gasteiger partial charge in [0.15, 0.2) is 0 Å². The fraction of sp³-hybridized carbons (Fsp3) is 0.0385. The molecule has 0 unspecified atom stereocenters. The summed E-state index contributed by atoms with van der Waals surface area (Å²) in [4.78, 5) is 13.4. The van der Waals surface area contributed by atoms with Gasteiger partial charge in [0, 0.05) is 0 Å². The summed E-state index contributed by atoms with van der Waals surface area (Å²) >= 11 is 7.88. The van der Waals surface area contributed by atoms with Gasteiger partial charge in [-0.1, -0.05) is 0 Å². The molecule has 0 spiro atoms. The van der Waals surface area contributed by atoms with Gasteiger partial charge < -0.3 is 0 Å². The number of amides is 1. The minimum atomic E-state index is -3.70. The molecule has 0 aliphatic heterocycles. The quantitative estimate of drug-likeness (QED) is 0.322. The molecule has 31 heavy (non-hydrogen) atoms. The molecule has 0 aliphatic rings. The molecule has 0 heterocycles. The van der Waals surface area contributed by atoms with E-state index in [0.717, 1.165) is 15.9 Å². The second-order valence-corrected chi connectivity index (χ2v) is 13.9. The van der Waals surface area contributed by atoms with Gasteiger partial charge in [0.2, 0.25) is 0 Å². The number of aromatic hydroxyl groups is 1.